The maximum absolute atomic E-state index is 9.53. The fourth-order valence-corrected chi connectivity index (χ4v) is 10.1. The molecule has 0 aliphatic heterocycles. The van der Waals surface area contributed by atoms with E-state index in [1.54, 1.807) is 55.4 Å². The summed E-state index contributed by atoms with van der Waals surface area (Å²) in [6.45, 7) is 17.3. The molecular formula is C22H52O6SnTi. The molecule has 0 unspecified atom stereocenters. The molecule has 0 saturated heterocycles. The maximum Gasteiger partial charge on any atom is 4.00 e. The summed E-state index contributed by atoms with van der Waals surface area (Å²) < 4.78 is 13.8. The van der Waals surface area contributed by atoms with Gasteiger partial charge in [0.15, 0.2) is 0 Å². The molecule has 0 heterocycles. The molecular weight excluding hydrogens is 527 g/mol. The van der Waals surface area contributed by atoms with Crippen molar-refractivity contribution in [2.24, 2.45) is 0 Å². The molecule has 0 aliphatic rings. The van der Waals surface area contributed by atoms with Crippen molar-refractivity contribution in [3.05, 3.63) is 0 Å². The van der Waals surface area contributed by atoms with E-state index in [0.717, 1.165) is 0 Å². The molecule has 0 N–H and O–H groups in total. The predicted octanol–water partition coefficient (Wildman–Crippen LogP) is 2.34. The van der Waals surface area contributed by atoms with Crippen molar-refractivity contribution in [3.63, 3.8) is 0 Å². The van der Waals surface area contributed by atoms with E-state index in [1.807, 2.05) is 14.2 Å². The van der Waals surface area contributed by atoms with Crippen LogP contribution in [0.15, 0.2) is 0 Å². The molecule has 0 spiro atoms. The third-order valence-corrected chi connectivity index (χ3v) is 13.2. The van der Waals surface area contributed by atoms with E-state index < -0.39 is 43.6 Å². The zero-order valence-corrected chi connectivity index (χ0v) is 26.4. The molecule has 0 amide bonds. The molecule has 0 saturated carbocycles. The van der Waals surface area contributed by atoms with Gasteiger partial charge in [0.25, 0.3) is 0 Å². The molecule has 0 aromatic heterocycles. The second-order valence-corrected chi connectivity index (χ2v) is 18.1. The Kier molecular flexibility index (Phi) is 52.2. The number of unbranched alkanes of at least 4 members (excludes halogenated alkanes) is 2. The molecule has 0 aromatic rings. The average molecular weight is 579 g/mol. The molecule has 0 fully saturated rings. The standard InChI is InChI=1S/2C4H9.4C3H7O.2CH3O.Sn.Ti/c2*1-3-4-2;4*1-3(2)4;2*1-2;;/h2*1,3-4H2,2H3;4*3H,1-2H3;2*1H3;;/q;;6*-1;+2;+4. The van der Waals surface area contributed by atoms with Gasteiger partial charge in [-0.2, -0.15) is 0 Å². The van der Waals surface area contributed by atoms with Gasteiger partial charge in [-0.15, -0.1) is 24.4 Å². The Hall–Kier alpha value is 1.27. The van der Waals surface area contributed by atoms with Gasteiger partial charge in [0.2, 0.25) is 0 Å². The van der Waals surface area contributed by atoms with Gasteiger partial charge in [0, 0.05) is 0 Å². The Morgan fingerprint density at radius 2 is 0.733 bits per heavy atom. The Balaban J connectivity index is -0.0000000700. The van der Waals surface area contributed by atoms with Crippen LogP contribution in [0.1, 0.15) is 94.9 Å². The van der Waals surface area contributed by atoms with Crippen molar-refractivity contribution in [1.29, 1.82) is 0 Å². The molecule has 30 heavy (non-hydrogen) atoms. The summed E-state index contributed by atoms with van der Waals surface area (Å²) in [5.41, 5.74) is 0. The largest absolute Gasteiger partial charge is 4.00 e. The first kappa shape index (κ1) is 44.9. The smallest absolute Gasteiger partial charge is 4.00 e. The topological polar surface area (TPSA) is 111 Å². The van der Waals surface area contributed by atoms with Crippen molar-refractivity contribution in [2.75, 3.05) is 14.2 Å². The Labute approximate surface area is 209 Å². The van der Waals surface area contributed by atoms with Gasteiger partial charge in [-0.1, -0.05) is 55.4 Å². The maximum atomic E-state index is 9.53. The first-order valence-electron chi connectivity index (χ1n) is 10.9. The Bertz CT molecular complexity index is 219. The predicted molar refractivity (Wildman–Crippen MR) is 120 cm³/mol. The Morgan fingerprint density at radius 3 is 0.833 bits per heavy atom. The van der Waals surface area contributed by atoms with Crippen LogP contribution in [-0.4, -0.2) is 57.8 Å². The zero-order valence-electron chi connectivity index (χ0n) is 22.0. The Morgan fingerprint density at radius 1 is 0.567 bits per heavy atom. The van der Waals surface area contributed by atoms with Crippen LogP contribution in [0.5, 0.6) is 0 Å². The molecule has 0 radical (unpaired) electrons. The number of rotatable bonds is 8. The van der Waals surface area contributed by atoms with Crippen molar-refractivity contribution < 1.29 is 48.3 Å². The first-order chi connectivity index (χ1) is 13.2. The minimum Gasteiger partial charge on any atom is 4.00 e. The van der Waals surface area contributed by atoms with Crippen LogP contribution in [0.2, 0.25) is 8.87 Å². The van der Waals surface area contributed by atoms with E-state index in [4.69, 9.17) is 6.15 Å². The molecule has 0 bridgehead atoms. The van der Waals surface area contributed by atoms with E-state index in [-0.39, 0.29) is 21.7 Å². The van der Waals surface area contributed by atoms with Crippen molar-refractivity contribution in [1.82, 2.24) is 0 Å². The summed E-state index contributed by atoms with van der Waals surface area (Å²) in [6, 6.07) is 0. The minimum atomic E-state index is -2.54. The summed E-state index contributed by atoms with van der Waals surface area (Å²) in [6.07, 6.45) is 3.36. The molecule has 184 valence electrons. The number of hydrogen-bond donors (Lipinski definition) is 0. The molecule has 0 aromatic carbocycles. The first-order valence-corrected chi connectivity index (χ1v) is 17.3. The van der Waals surface area contributed by atoms with Crippen LogP contribution >= 0.6 is 0 Å². The average Bonchev–Trinajstić information content (AvgIpc) is 2.54. The van der Waals surface area contributed by atoms with Gasteiger partial charge in [-0.3, -0.25) is 0 Å². The summed E-state index contributed by atoms with van der Waals surface area (Å²) in [4.78, 5) is 0. The van der Waals surface area contributed by atoms with Crippen LogP contribution in [0.4, 0.5) is 0 Å². The van der Waals surface area contributed by atoms with Crippen molar-refractivity contribution >= 4 is 19.2 Å². The molecule has 0 rings (SSSR count). The van der Waals surface area contributed by atoms with Crippen LogP contribution < -0.4 is 20.4 Å². The van der Waals surface area contributed by atoms with E-state index in [9.17, 15) is 20.4 Å². The van der Waals surface area contributed by atoms with Crippen LogP contribution in [0.3, 0.4) is 0 Å². The van der Waals surface area contributed by atoms with Gasteiger partial charge >= 0.3 is 110 Å². The van der Waals surface area contributed by atoms with Gasteiger partial charge in [0.05, 0.1) is 0 Å². The van der Waals surface area contributed by atoms with Crippen LogP contribution in [0, 0.1) is 0 Å². The molecule has 0 aliphatic carbocycles. The minimum absolute atomic E-state index is 0. The van der Waals surface area contributed by atoms with Crippen molar-refractivity contribution in [3.8, 4) is 0 Å². The summed E-state index contributed by atoms with van der Waals surface area (Å²) in [5.74, 6) is 0. The molecule has 0 atom stereocenters. The van der Waals surface area contributed by atoms with Gasteiger partial charge in [-0.25, -0.2) is 0 Å². The van der Waals surface area contributed by atoms with Crippen molar-refractivity contribution in [2.45, 2.75) is 128 Å². The van der Waals surface area contributed by atoms with E-state index in [1.165, 1.54) is 34.6 Å². The zero-order chi connectivity index (χ0) is 24.5. The molecule has 8 heteroatoms. The van der Waals surface area contributed by atoms with E-state index in [0.29, 0.717) is 0 Å². The monoisotopic (exact) mass is 580 g/mol. The van der Waals surface area contributed by atoms with Gasteiger partial charge in [0.1, 0.15) is 0 Å². The summed E-state index contributed by atoms with van der Waals surface area (Å²) in [5, 5.41) is 38.1. The fraction of sp³-hybridized carbons (Fsp3) is 1.00. The SMILES string of the molecule is CC(C)[O-].CC(C)[O-].CC(C)[O-].CC(C)[O-].CCC[CH2][Sn]([CH2]CCC)([O]C)[O]C.[Ti+4]. The van der Waals surface area contributed by atoms with Gasteiger partial charge < -0.3 is 20.4 Å². The molecule has 6 nitrogen and oxygen atoms in total. The quantitative estimate of drug-likeness (QED) is 0.409. The second-order valence-electron chi connectivity index (χ2n) is 7.72. The third-order valence-electron chi connectivity index (χ3n) is 2.57. The van der Waals surface area contributed by atoms with Gasteiger partial charge in [-0.05, 0) is 0 Å². The second kappa shape index (κ2) is 34.9. The fourth-order valence-electron chi connectivity index (χ4n) is 1.51. The van der Waals surface area contributed by atoms with E-state index in [2.05, 4.69) is 13.8 Å². The third kappa shape index (κ3) is 78.4. The summed E-state index contributed by atoms with van der Waals surface area (Å²) in [7, 11) is 3.68. The van der Waals surface area contributed by atoms with E-state index >= 15 is 0 Å². The number of hydrogen-bond acceptors (Lipinski definition) is 6. The summed E-state index contributed by atoms with van der Waals surface area (Å²) >= 11 is -2.54. The normalized spacial score (nSPS) is 10.0. The van der Waals surface area contributed by atoms with Crippen LogP contribution in [-0.2, 0) is 27.9 Å². The van der Waals surface area contributed by atoms with Crippen LogP contribution in [0.25, 0.3) is 0 Å².